The van der Waals surface area contributed by atoms with Crippen molar-refractivity contribution in [3.63, 3.8) is 0 Å². The third kappa shape index (κ3) is 2.19. The molecule has 2 aromatic rings. The number of allylic oxidation sites excluding steroid dienone is 2. The molecule has 21 heavy (non-hydrogen) atoms. The topological polar surface area (TPSA) is 3.24 Å². The molecule has 0 N–H and O–H groups in total. The molecule has 0 aromatic heterocycles. The number of benzene rings is 2. The molecule has 0 radical (unpaired) electrons. The predicted molar refractivity (Wildman–Crippen MR) is 87.9 cm³/mol. The second-order valence-electron chi connectivity index (χ2n) is 5.94. The number of hydrogen-bond acceptors (Lipinski definition) is 1. The van der Waals surface area contributed by atoms with Gasteiger partial charge in [-0.15, -0.1) is 0 Å². The van der Waals surface area contributed by atoms with Crippen LogP contribution in [0.2, 0.25) is 0 Å². The highest BCUT2D eigenvalue weighted by Crippen LogP contribution is 2.36. The average Bonchev–Trinajstić information content (AvgIpc) is 2.55. The van der Waals surface area contributed by atoms with Gasteiger partial charge < -0.3 is 4.90 Å². The molecule has 104 valence electrons. The summed E-state index contributed by atoms with van der Waals surface area (Å²) in [5.74, 6) is 0. The highest BCUT2D eigenvalue weighted by atomic mass is 15.1. The Kier molecular flexibility index (Phi) is 2.92. The van der Waals surface area contributed by atoms with E-state index < -0.39 is 0 Å². The van der Waals surface area contributed by atoms with Crippen LogP contribution in [0.4, 0.5) is 0 Å². The van der Waals surface area contributed by atoms with Gasteiger partial charge in [-0.05, 0) is 47.8 Å². The first-order chi connectivity index (χ1) is 10.3. The van der Waals surface area contributed by atoms with E-state index in [1.54, 1.807) is 0 Å². The molecule has 0 bridgehead atoms. The van der Waals surface area contributed by atoms with Crippen molar-refractivity contribution in [2.24, 2.45) is 0 Å². The lowest BCUT2D eigenvalue weighted by Crippen LogP contribution is -2.31. The van der Waals surface area contributed by atoms with Gasteiger partial charge in [0.1, 0.15) is 0 Å². The molecular weight excluding hydrogens is 254 g/mol. The zero-order valence-electron chi connectivity index (χ0n) is 12.3. The van der Waals surface area contributed by atoms with Crippen molar-refractivity contribution in [3.8, 4) is 0 Å². The van der Waals surface area contributed by atoms with Crippen LogP contribution in [-0.2, 0) is 6.42 Å². The number of fused-ring (bicyclic) bond motifs is 3. The normalized spacial score (nSPS) is 19.8. The molecule has 2 aliphatic rings. The summed E-state index contributed by atoms with van der Waals surface area (Å²) in [6, 6.07) is 18.0. The predicted octanol–water partition coefficient (Wildman–Crippen LogP) is 4.51. The molecular formula is C20H19N. The number of nitrogens with zero attached hydrogens (tertiary/aromatic N) is 1. The van der Waals surface area contributed by atoms with Crippen molar-refractivity contribution < 1.29 is 0 Å². The molecule has 0 amide bonds. The molecule has 2 heterocycles. The lowest BCUT2D eigenvalue weighted by Gasteiger charge is -2.37. The van der Waals surface area contributed by atoms with Gasteiger partial charge in [0.15, 0.2) is 0 Å². The lowest BCUT2D eigenvalue weighted by atomic mass is 9.88. The van der Waals surface area contributed by atoms with Crippen LogP contribution in [0, 0.1) is 6.92 Å². The van der Waals surface area contributed by atoms with Gasteiger partial charge in [0.2, 0.25) is 0 Å². The first-order valence-corrected chi connectivity index (χ1v) is 7.62. The molecule has 1 nitrogen and oxygen atoms in total. The first kappa shape index (κ1) is 12.5. The Morgan fingerprint density at radius 2 is 1.81 bits per heavy atom. The summed E-state index contributed by atoms with van der Waals surface area (Å²) in [4.78, 5) is 2.44. The second kappa shape index (κ2) is 4.92. The van der Waals surface area contributed by atoms with Crippen LogP contribution in [0.25, 0.3) is 5.57 Å². The second-order valence-corrected chi connectivity index (χ2v) is 5.94. The van der Waals surface area contributed by atoms with E-state index in [0.29, 0.717) is 6.04 Å². The third-order valence-electron chi connectivity index (χ3n) is 4.54. The largest absolute Gasteiger partial charge is 0.367 e. The molecule has 2 aliphatic heterocycles. The van der Waals surface area contributed by atoms with Crippen LogP contribution in [0.15, 0.2) is 66.9 Å². The Balaban J connectivity index is 1.75. The highest BCUT2D eigenvalue weighted by Gasteiger charge is 2.25. The maximum absolute atomic E-state index is 2.44. The minimum atomic E-state index is 0.385. The van der Waals surface area contributed by atoms with E-state index in [1.165, 1.54) is 27.8 Å². The highest BCUT2D eigenvalue weighted by molar-refractivity contribution is 5.76. The summed E-state index contributed by atoms with van der Waals surface area (Å²) >= 11 is 0. The van der Waals surface area contributed by atoms with E-state index in [0.717, 1.165) is 13.0 Å². The summed E-state index contributed by atoms with van der Waals surface area (Å²) in [5, 5.41) is 0. The zero-order chi connectivity index (χ0) is 14.2. The number of hydrogen-bond donors (Lipinski definition) is 0. The quantitative estimate of drug-likeness (QED) is 0.739. The van der Waals surface area contributed by atoms with E-state index in [4.69, 9.17) is 0 Å². The van der Waals surface area contributed by atoms with Gasteiger partial charge in [0, 0.05) is 12.7 Å². The maximum Gasteiger partial charge on any atom is 0.0732 e. The zero-order valence-corrected chi connectivity index (χ0v) is 12.3. The smallest absolute Gasteiger partial charge is 0.0732 e. The summed E-state index contributed by atoms with van der Waals surface area (Å²) in [5.41, 5.74) is 6.89. The fourth-order valence-corrected chi connectivity index (χ4v) is 3.31. The van der Waals surface area contributed by atoms with Crippen LogP contribution < -0.4 is 0 Å². The lowest BCUT2D eigenvalue weighted by molar-refractivity contribution is 0.306. The van der Waals surface area contributed by atoms with Crippen molar-refractivity contribution in [3.05, 3.63) is 89.1 Å². The van der Waals surface area contributed by atoms with Crippen molar-refractivity contribution in [1.82, 2.24) is 4.90 Å². The van der Waals surface area contributed by atoms with Crippen molar-refractivity contribution in [2.45, 2.75) is 19.4 Å². The van der Waals surface area contributed by atoms with E-state index in [2.05, 4.69) is 78.7 Å². The molecule has 1 atom stereocenters. The van der Waals surface area contributed by atoms with Gasteiger partial charge in [-0.25, -0.2) is 0 Å². The Morgan fingerprint density at radius 1 is 1.00 bits per heavy atom. The van der Waals surface area contributed by atoms with E-state index >= 15 is 0 Å². The van der Waals surface area contributed by atoms with Gasteiger partial charge >= 0.3 is 0 Å². The molecule has 0 fully saturated rings. The standard InChI is InChI=1S/C20H19N/c1-15-6-8-16(9-7-15)18-11-13-21-12-10-17-4-2-3-5-19(17)20(21)14-18/h2-9,11,13-14,20H,10,12H2,1H3. The number of aryl methyl sites for hydroxylation is 1. The summed E-state index contributed by atoms with van der Waals surface area (Å²) in [6.07, 6.45) is 8.05. The fourth-order valence-electron chi connectivity index (χ4n) is 3.31. The monoisotopic (exact) mass is 273 g/mol. The van der Waals surface area contributed by atoms with Gasteiger partial charge in [0.05, 0.1) is 6.04 Å². The van der Waals surface area contributed by atoms with Gasteiger partial charge in [-0.3, -0.25) is 0 Å². The van der Waals surface area contributed by atoms with Crippen molar-refractivity contribution in [2.75, 3.05) is 6.54 Å². The minimum absolute atomic E-state index is 0.385. The minimum Gasteiger partial charge on any atom is -0.367 e. The van der Waals surface area contributed by atoms with Crippen LogP contribution in [0.5, 0.6) is 0 Å². The Labute approximate surface area is 126 Å². The maximum atomic E-state index is 2.44. The summed E-state index contributed by atoms with van der Waals surface area (Å²) < 4.78 is 0. The molecule has 1 unspecified atom stereocenters. The van der Waals surface area contributed by atoms with Crippen molar-refractivity contribution in [1.29, 1.82) is 0 Å². The molecule has 4 rings (SSSR count). The summed E-state index contributed by atoms with van der Waals surface area (Å²) in [7, 11) is 0. The van der Waals surface area contributed by atoms with Crippen LogP contribution in [0.3, 0.4) is 0 Å². The van der Waals surface area contributed by atoms with Gasteiger partial charge in [0.25, 0.3) is 0 Å². The molecule has 0 spiro atoms. The summed E-state index contributed by atoms with van der Waals surface area (Å²) in [6.45, 7) is 3.24. The first-order valence-electron chi connectivity index (χ1n) is 7.62. The molecule has 1 heteroatoms. The third-order valence-corrected chi connectivity index (χ3v) is 4.54. The Bertz CT molecular complexity index is 722. The van der Waals surface area contributed by atoms with Crippen LogP contribution in [0.1, 0.15) is 28.3 Å². The van der Waals surface area contributed by atoms with Crippen LogP contribution in [-0.4, -0.2) is 11.4 Å². The van der Waals surface area contributed by atoms with Crippen molar-refractivity contribution >= 4 is 5.57 Å². The molecule has 0 saturated heterocycles. The van der Waals surface area contributed by atoms with Gasteiger partial charge in [-0.2, -0.15) is 0 Å². The SMILES string of the molecule is Cc1ccc(C2=CC3c4ccccc4CCN3C=C2)cc1. The van der Waals surface area contributed by atoms with Crippen LogP contribution >= 0.6 is 0 Å². The van der Waals surface area contributed by atoms with E-state index in [9.17, 15) is 0 Å². The Morgan fingerprint density at radius 3 is 2.67 bits per heavy atom. The molecule has 0 aliphatic carbocycles. The van der Waals surface area contributed by atoms with E-state index in [-0.39, 0.29) is 0 Å². The van der Waals surface area contributed by atoms with Gasteiger partial charge in [-0.1, -0.05) is 54.1 Å². The fraction of sp³-hybridized carbons (Fsp3) is 0.200. The van der Waals surface area contributed by atoms with E-state index in [1.807, 2.05) is 0 Å². The molecule has 2 aromatic carbocycles. The number of rotatable bonds is 1. The Hall–Kier alpha value is -2.28. The molecule has 0 saturated carbocycles. The average molecular weight is 273 g/mol.